The number of aliphatic carboxylic acids is 2. The molecule has 0 spiro atoms. The van der Waals surface area contributed by atoms with Gasteiger partial charge >= 0.3 is 43.7 Å². The van der Waals surface area contributed by atoms with E-state index in [9.17, 15) is 24.6 Å². The van der Waals surface area contributed by atoms with E-state index in [4.69, 9.17) is 5.11 Å². The van der Waals surface area contributed by atoms with E-state index in [0.717, 1.165) is 6.42 Å². The molecule has 2 N–H and O–H groups in total. The number of carboxylic acids is 2. The molecule has 0 heterocycles. The van der Waals surface area contributed by atoms with Gasteiger partial charge in [-0.3, -0.25) is 14.6 Å². The van der Waals surface area contributed by atoms with Crippen LogP contribution in [0.4, 0.5) is 0 Å². The van der Waals surface area contributed by atoms with E-state index in [2.05, 4.69) is 10.3 Å². The van der Waals surface area contributed by atoms with Crippen LogP contribution in [0.5, 0.6) is 0 Å². The second kappa shape index (κ2) is 18.9. The minimum Gasteiger partial charge on any atom is -0.858 e. The summed E-state index contributed by atoms with van der Waals surface area (Å²) in [6.07, 6.45) is 2.19. The Hall–Kier alpha value is -2.42. The van der Waals surface area contributed by atoms with Crippen molar-refractivity contribution in [2.75, 3.05) is 0 Å². The molecular formula is C26H32CaN2O6. The summed E-state index contributed by atoms with van der Waals surface area (Å²) >= 11 is 0. The number of hydrogen-bond acceptors (Lipinski definition) is 6. The molecular weight excluding hydrogens is 476 g/mol. The van der Waals surface area contributed by atoms with Gasteiger partial charge in [-0.25, -0.2) is 0 Å². The number of carboxylic acid groups (broad SMARTS) is 2. The molecule has 0 saturated heterocycles. The van der Waals surface area contributed by atoms with Gasteiger partial charge < -0.3 is 25.4 Å². The fraction of sp³-hybridized carbons (Fsp3) is 0.385. The Kier molecular flexibility index (Phi) is 17.5. The number of carbonyl (C=O) groups is 3. The molecule has 2 unspecified atom stereocenters. The van der Waals surface area contributed by atoms with Crippen LogP contribution >= 0.6 is 0 Å². The summed E-state index contributed by atoms with van der Waals surface area (Å²) in [4.78, 5) is 36.6. The van der Waals surface area contributed by atoms with Gasteiger partial charge in [0.05, 0.1) is 0 Å². The predicted octanol–water partition coefficient (Wildman–Crippen LogP) is 1.78. The Morgan fingerprint density at radius 1 is 0.857 bits per heavy atom. The van der Waals surface area contributed by atoms with Gasteiger partial charge in [0.15, 0.2) is 0 Å². The van der Waals surface area contributed by atoms with Gasteiger partial charge in [-0.2, -0.15) is 0 Å². The van der Waals surface area contributed by atoms with E-state index in [0.29, 0.717) is 30.4 Å². The molecule has 2 aromatic carbocycles. The number of benzene rings is 2. The van der Waals surface area contributed by atoms with Crippen molar-refractivity contribution >= 4 is 61.5 Å². The van der Waals surface area contributed by atoms with Crippen molar-refractivity contribution in [1.29, 1.82) is 0 Å². The summed E-state index contributed by atoms with van der Waals surface area (Å²) in [5.74, 6) is -2.39. The van der Waals surface area contributed by atoms with Crippen LogP contribution in [0.15, 0.2) is 65.7 Å². The van der Waals surface area contributed by atoms with Gasteiger partial charge in [0, 0.05) is 30.0 Å². The second-order valence-corrected chi connectivity index (χ2v) is 7.65. The molecule has 1 amide bonds. The Balaban J connectivity index is 0.000000642. The van der Waals surface area contributed by atoms with Crippen LogP contribution in [0, 0.1) is 0 Å². The third kappa shape index (κ3) is 14.5. The number of nitrogens with zero attached hydrogens (tertiary/aromatic N) is 1. The largest absolute Gasteiger partial charge is 2.00 e. The minimum absolute atomic E-state index is 0. The molecule has 35 heavy (non-hydrogen) atoms. The standard InChI is InChI=1S/2C13H17NO3.Ca/c2*1-2-11(8-9-12(15)16)14-13(17)10-6-4-3-5-7-10;/h2*3-7,11H,2,8-9H2,1H3,(H,14,17)(H,15,16);/q;;+2/p-2. The number of rotatable bonds is 12. The molecule has 8 nitrogen and oxygen atoms in total. The van der Waals surface area contributed by atoms with E-state index in [-0.39, 0.29) is 74.5 Å². The van der Waals surface area contributed by atoms with Gasteiger partial charge in [0.1, 0.15) is 0 Å². The molecule has 0 radical (unpaired) electrons. The van der Waals surface area contributed by atoms with E-state index in [1.165, 1.54) is 0 Å². The minimum atomic E-state index is -1.11. The van der Waals surface area contributed by atoms with E-state index < -0.39 is 11.9 Å². The van der Waals surface area contributed by atoms with Gasteiger partial charge in [0.25, 0.3) is 5.91 Å². The molecule has 0 aliphatic rings. The maximum absolute atomic E-state index is 11.8. The quantitative estimate of drug-likeness (QED) is 0.254. The normalized spacial score (nSPS) is 12.2. The van der Waals surface area contributed by atoms with Gasteiger partial charge in [0.2, 0.25) is 0 Å². The Morgan fingerprint density at radius 2 is 1.40 bits per heavy atom. The zero-order valence-electron chi connectivity index (χ0n) is 20.3. The molecule has 2 atom stereocenters. The van der Waals surface area contributed by atoms with Crippen LogP contribution in [0.1, 0.15) is 68.3 Å². The summed E-state index contributed by atoms with van der Waals surface area (Å²) in [6.45, 7) is 3.81. The summed E-state index contributed by atoms with van der Waals surface area (Å²) < 4.78 is 0. The van der Waals surface area contributed by atoms with Crippen molar-refractivity contribution in [2.45, 2.75) is 64.5 Å². The van der Waals surface area contributed by atoms with Crippen LogP contribution in [0.25, 0.3) is 0 Å². The average Bonchev–Trinajstić information content (AvgIpc) is 2.85. The smallest absolute Gasteiger partial charge is 0.858 e. The van der Waals surface area contributed by atoms with Crippen LogP contribution in [-0.2, 0) is 9.59 Å². The maximum atomic E-state index is 11.8. The van der Waals surface area contributed by atoms with Crippen molar-refractivity contribution in [1.82, 2.24) is 5.32 Å². The molecule has 0 fully saturated rings. The van der Waals surface area contributed by atoms with Gasteiger partial charge in [-0.15, -0.1) is 0 Å². The number of aliphatic imine (C=N–C) groups is 1. The first-order valence-corrected chi connectivity index (χ1v) is 11.3. The molecule has 0 bridgehead atoms. The molecule has 2 rings (SSSR count). The van der Waals surface area contributed by atoms with Crippen LogP contribution in [0.2, 0.25) is 0 Å². The van der Waals surface area contributed by atoms with Gasteiger partial charge in [-0.05, 0) is 55.7 Å². The molecule has 2 aromatic rings. The Morgan fingerprint density at radius 3 is 1.86 bits per heavy atom. The Labute approximate surface area is 236 Å². The molecule has 0 saturated carbocycles. The Bertz CT molecular complexity index is 922. The number of hydrogen-bond donors (Lipinski definition) is 2. The van der Waals surface area contributed by atoms with Crippen LogP contribution in [-0.4, -0.2) is 78.7 Å². The fourth-order valence-corrected chi connectivity index (χ4v) is 3.00. The summed E-state index contributed by atoms with van der Waals surface area (Å²) in [5, 5.41) is 33.5. The summed E-state index contributed by atoms with van der Waals surface area (Å²) in [6, 6.07) is 17.3. The van der Waals surface area contributed by atoms with E-state index in [1.54, 1.807) is 48.5 Å². The SMILES string of the molecule is CCC(CCC(=O)O)NC(=O)c1ccccc1.CCC(CCC(=O)[O-])N=C([O-])c1ccccc1.[Ca+2]. The second-order valence-electron chi connectivity index (χ2n) is 7.65. The van der Waals surface area contributed by atoms with Crippen LogP contribution in [0.3, 0.4) is 0 Å². The van der Waals surface area contributed by atoms with Crippen molar-refractivity contribution in [2.24, 2.45) is 4.99 Å². The zero-order chi connectivity index (χ0) is 25.3. The van der Waals surface area contributed by atoms with Crippen molar-refractivity contribution in [3.63, 3.8) is 0 Å². The topological polar surface area (TPSA) is 142 Å². The molecule has 0 aliphatic carbocycles. The molecule has 0 aliphatic heterocycles. The number of amides is 1. The van der Waals surface area contributed by atoms with Crippen molar-refractivity contribution < 1.29 is 29.7 Å². The van der Waals surface area contributed by atoms with Crippen LogP contribution < -0.4 is 15.5 Å². The first-order valence-electron chi connectivity index (χ1n) is 11.3. The summed E-state index contributed by atoms with van der Waals surface area (Å²) in [7, 11) is 0. The van der Waals surface area contributed by atoms with E-state index >= 15 is 0 Å². The maximum Gasteiger partial charge on any atom is 2.00 e. The molecule has 184 valence electrons. The zero-order valence-corrected chi connectivity index (χ0v) is 22.5. The fourth-order valence-electron chi connectivity index (χ4n) is 3.00. The first kappa shape index (κ1) is 32.6. The van der Waals surface area contributed by atoms with Crippen molar-refractivity contribution in [3.8, 4) is 0 Å². The van der Waals surface area contributed by atoms with E-state index in [1.807, 2.05) is 26.0 Å². The molecule has 0 aromatic heterocycles. The van der Waals surface area contributed by atoms with Gasteiger partial charge in [-0.1, -0.05) is 62.4 Å². The number of carbonyl (C=O) groups excluding carboxylic acids is 2. The molecule has 9 heteroatoms. The monoisotopic (exact) mass is 508 g/mol. The predicted molar refractivity (Wildman–Crippen MR) is 132 cm³/mol. The summed E-state index contributed by atoms with van der Waals surface area (Å²) in [5.41, 5.74) is 1.13. The first-order chi connectivity index (χ1) is 16.3. The third-order valence-corrected chi connectivity index (χ3v) is 5.04. The third-order valence-electron chi connectivity index (χ3n) is 5.04. The average molecular weight is 509 g/mol. The van der Waals surface area contributed by atoms with Crippen molar-refractivity contribution in [3.05, 3.63) is 71.8 Å². The number of nitrogens with one attached hydrogen (secondary N) is 1.